The number of rotatable bonds is 10. The van der Waals surface area contributed by atoms with Gasteiger partial charge < -0.3 is 14.6 Å². The van der Waals surface area contributed by atoms with Gasteiger partial charge in [0.15, 0.2) is 0 Å². The Balaban J connectivity index is 1.73. The van der Waals surface area contributed by atoms with Gasteiger partial charge in [0.25, 0.3) is 0 Å². The lowest BCUT2D eigenvalue weighted by molar-refractivity contribution is -0.137. The lowest BCUT2D eigenvalue weighted by atomic mass is 9.78. The first-order valence-electron chi connectivity index (χ1n) is 7.93. The van der Waals surface area contributed by atoms with Crippen LogP contribution < -0.4 is 0 Å². The molecule has 2 bridgehead atoms. The van der Waals surface area contributed by atoms with Gasteiger partial charge in [-0.3, -0.25) is 4.79 Å². The van der Waals surface area contributed by atoms with Crippen molar-refractivity contribution in [1.82, 2.24) is 0 Å². The Bertz CT molecular complexity index is 377. The van der Waals surface area contributed by atoms with E-state index in [0.717, 1.165) is 25.9 Å². The van der Waals surface area contributed by atoms with E-state index >= 15 is 0 Å². The van der Waals surface area contributed by atoms with Gasteiger partial charge in [0.1, 0.15) is 0 Å². The largest absolute Gasteiger partial charge is 0.481 e. The van der Waals surface area contributed by atoms with Gasteiger partial charge in [0, 0.05) is 12.3 Å². The van der Waals surface area contributed by atoms with Gasteiger partial charge in [-0.2, -0.15) is 0 Å². The van der Waals surface area contributed by atoms with Crippen LogP contribution in [-0.2, 0) is 14.3 Å². The van der Waals surface area contributed by atoms with E-state index in [1.807, 2.05) is 0 Å². The molecule has 0 aromatic carbocycles. The number of carboxylic acid groups (broad SMARTS) is 1. The topological polar surface area (TPSA) is 55.8 Å². The average Bonchev–Trinajstić information content (AvgIpc) is 3.04. The van der Waals surface area contributed by atoms with E-state index in [2.05, 4.69) is 18.7 Å². The molecule has 4 unspecified atom stereocenters. The molecule has 21 heavy (non-hydrogen) atoms. The van der Waals surface area contributed by atoms with Crippen molar-refractivity contribution in [3.05, 3.63) is 24.8 Å². The van der Waals surface area contributed by atoms with E-state index in [4.69, 9.17) is 14.6 Å². The van der Waals surface area contributed by atoms with E-state index in [0.29, 0.717) is 37.1 Å². The van der Waals surface area contributed by atoms with E-state index in [-0.39, 0.29) is 6.42 Å². The molecule has 2 saturated heterocycles. The minimum atomic E-state index is -0.718. The molecule has 2 aliphatic rings. The molecule has 0 spiro atoms. The van der Waals surface area contributed by atoms with Crippen molar-refractivity contribution < 1.29 is 19.4 Å². The number of hydrogen-bond donors (Lipinski definition) is 1. The van der Waals surface area contributed by atoms with E-state index in [9.17, 15) is 4.79 Å². The number of ether oxygens (including phenoxy) is 2. The molecule has 0 aliphatic carbocycles. The van der Waals surface area contributed by atoms with Crippen molar-refractivity contribution in [2.45, 2.75) is 50.7 Å². The quantitative estimate of drug-likeness (QED) is 0.496. The Morgan fingerprint density at radius 1 is 1.29 bits per heavy atom. The zero-order chi connectivity index (χ0) is 15.1. The summed E-state index contributed by atoms with van der Waals surface area (Å²) in [7, 11) is 0. The minimum Gasteiger partial charge on any atom is -0.481 e. The first-order valence-corrected chi connectivity index (χ1v) is 7.93. The maximum atomic E-state index is 10.4. The summed E-state index contributed by atoms with van der Waals surface area (Å²) in [5.74, 6) is 0.320. The molecule has 0 aromatic rings. The summed E-state index contributed by atoms with van der Waals surface area (Å²) in [5, 5.41) is 8.59. The smallest absolute Gasteiger partial charge is 0.303 e. The Kier molecular flexibility index (Phi) is 6.46. The highest BCUT2D eigenvalue weighted by Gasteiger charge is 2.47. The summed E-state index contributed by atoms with van der Waals surface area (Å²) < 4.78 is 11.7. The molecular formula is C17H26O4. The number of hydrogen-bond acceptors (Lipinski definition) is 3. The fraction of sp³-hybridized carbons (Fsp3) is 0.706. The third-order valence-corrected chi connectivity index (χ3v) is 4.47. The Morgan fingerprint density at radius 3 is 2.76 bits per heavy atom. The zero-order valence-corrected chi connectivity index (χ0v) is 12.6. The highest BCUT2D eigenvalue weighted by molar-refractivity contribution is 5.66. The van der Waals surface area contributed by atoms with Gasteiger partial charge in [-0.1, -0.05) is 18.2 Å². The minimum absolute atomic E-state index is 0.250. The molecular weight excluding hydrogens is 268 g/mol. The zero-order valence-electron chi connectivity index (χ0n) is 12.6. The number of carbonyl (C=O) groups is 1. The van der Waals surface area contributed by atoms with E-state index in [1.165, 1.54) is 6.42 Å². The number of aliphatic carboxylic acids is 1. The number of fused-ring (bicyclic) bond motifs is 2. The lowest BCUT2D eigenvalue weighted by Gasteiger charge is -2.26. The van der Waals surface area contributed by atoms with Crippen LogP contribution >= 0.6 is 0 Å². The maximum Gasteiger partial charge on any atom is 0.303 e. The van der Waals surface area contributed by atoms with Gasteiger partial charge in [0.2, 0.25) is 0 Å². The molecule has 4 atom stereocenters. The van der Waals surface area contributed by atoms with Gasteiger partial charge in [-0.25, -0.2) is 0 Å². The van der Waals surface area contributed by atoms with Crippen molar-refractivity contribution in [3.63, 3.8) is 0 Å². The fourth-order valence-electron chi connectivity index (χ4n) is 3.46. The summed E-state index contributed by atoms with van der Waals surface area (Å²) in [5.41, 5.74) is 0. The summed E-state index contributed by atoms with van der Waals surface area (Å²) >= 11 is 0. The van der Waals surface area contributed by atoms with Crippen LogP contribution in [0.5, 0.6) is 0 Å². The van der Waals surface area contributed by atoms with Crippen LogP contribution in [0.4, 0.5) is 0 Å². The lowest BCUT2D eigenvalue weighted by Crippen LogP contribution is -2.30. The molecule has 4 heteroatoms. The molecule has 0 radical (unpaired) electrons. The summed E-state index contributed by atoms with van der Waals surface area (Å²) in [6.45, 7) is 5.03. The number of allylic oxidation sites excluding steroid dienone is 2. The van der Waals surface area contributed by atoms with E-state index in [1.54, 1.807) is 6.08 Å². The van der Waals surface area contributed by atoms with Crippen molar-refractivity contribution in [3.8, 4) is 0 Å². The first-order chi connectivity index (χ1) is 10.2. The molecule has 118 valence electrons. The van der Waals surface area contributed by atoms with Crippen molar-refractivity contribution >= 4 is 5.97 Å². The van der Waals surface area contributed by atoms with Gasteiger partial charge in [-0.05, 0) is 38.0 Å². The second kappa shape index (κ2) is 8.35. The molecule has 2 aliphatic heterocycles. The first kappa shape index (κ1) is 16.2. The molecule has 2 fully saturated rings. The predicted molar refractivity (Wildman–Crippen MR) is 81.1 cm³/mol. The summed E-state index contributed by atoms with van der Waals surface area (Å²) in [6, 6.07) is 0. The van der Waals surface area contributed by atoms with Crippen molar-refractivity contribution in [2.24, 2.45) is 11.8 Å². The maximum absolute atomic E-state index is 10.4. The van der Waals surface area contributed by atoms with Gasteiger partial charge in [-0.15, -0.1) is 6.58 Å². The van der Waals surface area contributed by atoms with Crippen molar-refractivity contribution in [1.29, 1.82) is 0 Å². The van der Waals surface area contributed by atoms with Gasteiger partial charge >= 0.3 is 5.97 Å². The number of carboxylic acids is 1. The molecule has 4 nitrogen and oxygen atoms in total. The van der Waals surface area contributed by atoms with E-state index < -0.39 is 5.97 Å². The van der Waals surface area contributed by atoms with Crippen molar-refractivity contribution in [2.75, 3.05) is 13.2 Å². The molecule has 1 N–H and O–H groups in total. The molecule has 2 heterocycles. The molecule has 0 amide bonds. The van der Waals surface area contributed by atoms with Crippen LogP contribution in [-0.4, -0.2) is 36.5 Å². The summed E-state index contributed by atoms with van der Waals surface area (Å²) in [4.78, 5) is 10.4. The Morgan fingerprint density at radius 2 is 2.05 bits per heavy atom. The van der Waals surface area contributed by atoms with Gasteiger partial charge in [0.05, 0.1) is 25.4 Å². The van der Waals surface area contributed by atoms with Crippen LogP contribution in [0.15, 0.2) is 24.8 Å². The summed E-state index contributed by atoms with van der Waals surface area (Å²) in [6.07, 6.45) is 12.0. The van der Waals surface area contributed by atoms with Crippen LogP contribution in [0.2, 0.25) is 0 Å². The highest BCUT2D eigenvalue weighted by atomic mass is 16.5. The second-order valence-corrected chi connectivity index (χ2v) is 5.94. The van der Waals surface area contributed by atoms with Crippen LogP contribution in [0.25, 0.3) is 0 Å². The third-order valence-electron chi connectivity index (χ3n) is 4.47. The third kappa shape index (κ3) is 4.68. The molecule has 0 saturated carbocycles. The van der Waals surface area contributed by atoms with Crippen LogP contribution in [0.1, 0.15) is 38.5 Å². The monoisotopic (exact) mass is 294 g/mol. The standard InChI is InChI=1S/C17H26O4/c1-2-11-20-12-14-13(15-9-10-16(14)21-15)7-5-3-4-6-8-17(18)19/h2-3,5,13-16H,1,4,6-12H2,(H,18,19)/b5-3-. The predicted octanol–water partition coefficient (Wildman–Crippen LogP) is 3.18. The van der Waals surface area contributed by atoms with Crippen LogP contribution in [0, 0.1) is 11.8 Å². The molecule has 2 rings (SSSR count). The van der Waals surface area contributed by atoms with Crippen LogP contribution in [0.3, 0.4) is 0 Å². The Hall–Kier alpha value is -1.13. The SMILES string of the molecule is C=CCOCC1C2CCC(O2)C1C/C=C\CCCC(=O)O. The fourth-order valence-corrected chi connectivity index (χ4v) is 3.46. The normalized spacial score (nSPS) is 31.0. The highest BCUT2D eigenvalue weighted by Crippen LogP contribution is 2.45. The second-order valence-electron chi connectivity index (χ2n) is 5.94. The molecule has 0 aromatic heterocycles. The average molecular weight is 294 g/mol. The number of unbranched alkanes of at least 4 members (excludes halogenated alkanes) is 1. The Labute approximate surface area is 126 Å².